The van der Waals surface area contributed by atoms with E-state index in [0.717, 1.165) is 5.56 Å². The minimum atomic E-state index is -3.64. The van der Waals surface area contributed by atoms with Crippen LogP contribution in [0, 0.1) is 5.41 Å². The van der Waals surface area contributed by atoms with E-state index in [-0.39, 0.29) is 19.8 Å². The Bertz CT molecular complexity index is 975. The molecule has 200 valence electrons. The van der Waals surface area contributed by atoms with Gasteiger partial charge in [0.15, 0.2) is 0 Å². The molecule has 0 heterocycles. The maximum absolute atomic E-state index is 14.2. The molecule has 0 spiro atoms. The zero-order valence-electron chi connectivity index (χ0n) is 22.9. The molecule has 2 aromatic carbocycles. The Labute approximate surface area is 216 Å². The van der Waals surface area contributed by atoms with Crippen LogP contribution in [0.4, 0.5) is 0 Å². The molecule has 0 saturated heterocycles. The van der Waals surface area contributed by atoms with Crippen molar-refractivity contribution in [2.75, 3.05) is 19.8 Å². The van der Waals surface area contributed by atoms with Crippen molar-refractivity contribution in [3.8, 4) is 0 Å². The fourth-order valence-electron chi connectivity index (χ4n) is 3.88. The highest BCUT2D eigenvalue weighted by atomic mass is 31.2. The van der Waals surface area contributed by atoms with Crippen molar-refractivity contribution in [3.63, 3.8) is 0 Å². The molecule has 2 aromatic rings. The largest absolute Gasteiger partial charge is 0.459 e. The highest BCUT2D eigenvalue weighted by Crippen LogP contribution is 2.61. The van der Waals surface area contributed by atoms with Crippen LogP contribution in [-0.4, -0.2) is 42.2 Å². The van der Waals surface area contributed by atoms with Gasteiger partial charge in [0.25, 0.3) is 0 Å². The molecule has 2 atom stereocenters. The van der Waals surface area contributed by atoms with Crippen LogP contribution in [0.1, 0.15) is 77.4 Å². The standard InChI is InChI=1S/C28H42NO6P/c1-9-33-36(31,34-10-2)26(27(3,4)5)29(28(6,7)8)35-24(22-17-13-11-14-18-22)21-32-25(30)23-19-15-12-16-20-23/h11-20,24,26H,9-10,21H2,1-8H3/t24-,26+/m0/s1. The maximum atomic E-state index is 14.2. The van der Waals surface area contributed by atoms with Crippen LogP contribution in [0.3, 0.4) is 0 Å². The lowest BCUT2D eigenvalue weighted by molar-refractivity contribution is -0.273. The molecule has 0 aliphatic rings. The van der Waals surface area contributed by atoms with E-state index in [2.05, 4.69) is 0 Å². The van der Waals surface area contributed by atoms with Crippen LogP contribution >= 0.6 is 7.60 Å². The van der Waals surface area contributed by atoms with Gasteiger partial charge in [0.2, 0.25) is 0 Å². The van der Waals surface area contributed by atoms with Crippen molar-refractivity contribution in [1.82, 2.24) is 5.06 Å². The van der Waals surface area contributed by atoms with Gasteiger partial charge in [0.05, 0.1) is 18.8 Å². The molecule has 0 aliphatic heterocycles. The number of rotatable bonds is 12. The van der Waals surface area contributed by atoms with E-state index in [0.29, 0.717) is 5.56 Å². The van der Waals surface area contributed by atoms with Gasteiger partial charge in [-0.25, -0.2) is 4.79 Å². The van der Waals surface area contributed by atoms with E-state index in [9.17, 15) is 9.36 Å². The Morgan fingerprint density at radius 1 is 0.861 bits per heavy atom. The summed E-state index contributed by atoms with van der Waals surface area (Å²) in [6.07, 6.45) is -0.653. The fourth-order valence-corrected chi connectivity index (χ4v) is 6.56. The van der Waals surface area contributed by atoms with Crippen LogP contribution in [0.5, 0.6) is 0 Å². The third-order valence-electron chi connectivity index (χ3n) is 5.36. The highest BCUT2D eigenvalue weighted by molar-refractivity contribution is 7.54. The first-order chi connectivity index (χ1) is 16.8. The molecule has 0 saturated carbocycles. The average molecular weight is 520 g/mol. The molecule has 2 rings (SSSR count). The number of nitrogens with zero attached hydrogens (tertiary/aromatic N) is 1. The Morgan fingerprint density at radius 3 is 1.81 bits per heavy atom. The van der Waals surface area contributed by atoms with Gasteiger partial charge >= 0.3 is 13.6 Å². The minimum absolute atomic E-state index is 0.0330. The summed E-state index contributed by atoms with van der Waals surface area (Å²) in [7, 11) is -3.64. The number of carbonyl (C=O) groups excluding carboxylic acids is 1. The first-order valence-corrected chi connectivity index (χ1v) is 14.1. The first-order valence-electron chi connectivity index (χ1n) is 12.5. The molecule has 36 heavy (non-hydrogen) atoms. The smallest absolute Gasteiger partial charge is 0.350 e. The second-order valence-electron chi connectivity index (χ2n) is 10.6. The van der Waals surface area contributed by atoms with Gasteiger partial charge in [-0.1, -0.05) is 69.3 Å². The van der Waals surface area contributed by atoms with E-state index in [1.807, 2.05) is 77.9 Å². The molecule has 0 radical (unpaired) electrons. The minimum Gasteiger partial charge on any atom is -0.459 e. The van der Waals surface area contributed by atoms with Crippen molar-refractivity contribution in [3.05, 3.63) is 71.8 Å². The Hall–Kier alpha value is -2.02. The quantitative estimate of drug-likeness (QED) is 0.166. The normalized spacial score (nSPS) is 14.5. The summed E-state index contributed by atoms with van der Waals surface area (Å²) in [5.74, 6) is -1.18. The third kappa shape index (κ3) is 8.25. The summed E-state index contributed by atoms with van der Waals surface area (Å²) in [4.78, 5) is 19.3. The van der Waals surface area contributed by atoms with E-state index in [1.54, 1.807) is 43.2 Å². The zero-order chi connectivity index (χ0) is 27.0. The molecular weight excluding hydrogens is 477 g/mol. The average Bonchev–Trinajstić information content (AvgIpc) is 2.80. The lowest BCUT2D eigenvalue weighted by Crippen LogP contribution is -2.54. The molecule has 0 N–H and O–H groups in total. The van der Waals surface area contributed by atoms with E-state index < -0.39 is 36.4 Å². The predicted octanol–water partition coefficient (Wildman–Crippen LogP) is 7.26. The summed E-state index contributed by atoms with van der Waals surface area (Å²) in [6, 6.07) is 18.4. The molecule has 0 amide bonds. The van der Waals surface area contributed by atoms with E-state index in [4.69, 9.17) is 18.6 Å². The Kier molecular flexibility index (Phi) is 10.9. The highest BCUT2D eigenvalue weighted by Gasteiger charge is 2.52. The molecular formula is C28H42NO6P. The van der Waals surface area contributed by atoms with Gasteiger partial charge in [0, 0.05) is 5.54 Å². The van der Waals surface area contributed by atoms with Crippen molar-refractivity contribution in [2.24, 2.45) is 5.41 Å². The summed E-state index contributed by atoms with van der Waals surface area (Å²) in [5.41, 5.74) is 0.137. The topological polar surface area (TPSA) is 74.3 Å². The van der Waals surface area contributed by atoms with Gasteiger partial charge in [-0.05, 0) is 57.7 Å². The maximum Gasteiger partial charge on any atom is 0.350 e. The van der Waals surface area contributed by atoms with Gasteiger partial charge in [-0.3, -0.25) is 9.40 Å². The molecule has 0 aliphatic carbocycles. The van der Waals surface area contributed by atoms with Gasteiger partial charge in [-0.15, -0.1) is 0 Å². The van der Waals surface area contributed by atoms with Gasteiger partial charge in [-0.2, -0.15) is 5.06 Å². The fraction of sp³-hybridized carbons (Fsp3) is 0.536. The zero-order valence-corrected chi connectivity index (χ0v) is 23.8. The van der Waals surface area contributed by atoms with Crippen LogP contribution < -0.4 is 0 Å². The lowest BCUT2D eigenvalue weighted by atomic mass is 9.94. The third-order valence-corrected chi connectivity index (χ3v) is 8.18. The SMILES string of the molecule is CCOP(=O)(OCC)[C@@H](N(O[C@@H](COC(=O)c1ccccc1)c1ccccc1)C(C)(C)C)C(C)(C)C. The molecule has 0 unspecified atom stereocenters. The first kappa shape index (κ1) is 30.2. The summed E-state index contributed by atoms with van der Waals surface area (Å²) < 4.78 is 31.5. The Balaban J connectivity index is 2.48. The number of carbonyl (C=O) groups is 1. The number of hydroxylamine groups is 2. The number of hydrogen-bond acceptors (Lipinski definition) is 7. The molecule has 7 nitrogen and oxygen atoms in total. The van der Waals surface area contributed by atoms with Gasteiger partial charge < -0.3 is 13.8 Å². The number of benzene rings is 2. The van der Waals surface area contributed by atoms with Crippen LogP contribution in [0.25, 0.3) is 0 Å². The summed E-state index contributed by atoms with van der Waals surface area (Å²) in [5, 5.41) is 1.72. The lowest BCUT2D eigenvalue weighted by Gasteiger charge is -2.48. The second-order valence-corrected chi connectivity index (χ2v) is 12.7. The van der Waals surface area contributed by atoms with Crippen LogP contribution in [-0.2, 0) is 23.2 Å². The van der Waals surface area contributed by atoms with Crippen molar-refractivity contribution < 1.29 is 28.0 Å². The van der Waals surface area contributed by atoms with Crippen molar-refractivity contribution in [1.29, 1.82) is 0 Å². The summed E-state index contributed by atoms with van der Waals surface area (Å²) >= 11 is 0. The van der Waals surface area contributed by atoms with Crippen molar-refractivity contribution in [2.45, 2.75) is 72.8 Å². The molecule has 8 heteroatoms. The Morgan fingerprint density at radius 2 is 1.36 bits per heavy atom. The number of ether oxygens (including phenoxy) is 1. The molecule has 0 aromatic heterocycles. The van der Waals surface area contributed by atoms with E-state index >= 15 is 0 Å². The molecule has 0 fully saturated rings. The predicted molar refractivity (Wildman–Crippen MR) is 143 cm³/mol. The van der Waals surface area contributed by atoms with Crippen molar-refractivity contribution >= 4 is 13.6 Å². The summed E-state index contributed by atoms with van der Waals surface area (Å²) in [6.45, 7) is 15.9. The number of hydrogen-bond donors (Lipinski definition) is 0. The van der Waals surface area contributed by atoms with Crippen LogP contribution in [0.15, 0.2) is 60.7 Å². The number of esters is 1. The monoisotopic (exact) mass is 519 g/mol. The van der Waals surface area contributed by atoms with Gasteiger partial charge in [0.1, 0.15) is 18.5 Å². The van der Waals surface area contributed by atoms with Crippen LogP contribution in [0.2, 0.25) is 0 Å². The molecule has 0 bridgehead atoms. The van der Waals surface area contributed by atoms with E-state index in [1.165, 1.54) is 0 Å². The second kappa shape index (κ2) is 13.0.